The van der Waals surface area contributed by atoms with E-state index >= 15 is 0 Å². The number of benzene rings is 1. The average molecular weight is 292 g/mol. The molecule has 0 saturated carbocycles. The number of nitrogens with two attached hydrogens (primary N) is 1. The lowest BCUT2D eigenvalue weighted by molar-refractivity contribution is 0.939. The second-order valence-corrected chi connectivity index (χ2v) is 5.99. The molecule has 0 spiro atoms. The van der Waals surface area contributed by atoms with Gasteiger partial charge in [0.15, 0.2) is 5.96 Å². The van der Waals surface area contributed by atoms with Crippen LogP contribution in [0.25, 0.3) is 0 Å². The molecule has 19 heavy (non-hydrogen) atoms. The summed E-state index contributed by atoms with van der Waals surface area (Å²) in [4.78, 5) is 8.50. The topological polar surface area (TPSA) is 63.3 Å². The molecule has 0 aliphatic rings. The summed E-state index contributed by atoms with van der Waals surface area (Å²) in [5, 5.41) is 5.05. The molecule has 1 aromatic carbocycles. The zero-order valence-corrected chi connectivity index (χ0v) is 12.1. The molecule has 6 heteroatoms. The highest BCUT2D eigenvalue weighted by Gasteiger charge is 1.96. The Morgan fingerprint density at radius 2 is 2.21 bits per heavy atom. The van der Waals surface area contributed by atoms with E-state index in [-0.39, 0.29) is 0 Å². The number of anilines is 1. The van der Waals surface area contributed by atoms with Crippen molar-refractivity contribution in [1.29, 1.82) is 0 Å². The Labute approximate surface area is 121 Å². The maximum Gasteiger partial charge on any atom is 0.193 e. The van der Waals surface area contributed by atoms with Crippen molar-refractivity contribution in [3.8, 4) is 0 Å². The zero-order chi connectivity index (χ0) is 13.3. The SMILES string of the molecule is NC(=NCCCSc1nccs1)Nc1ccccc1. The molecule has 0 radical (unpaired) electrons. The predicted octanol–water partition coefficient (Wildman–Crippen LogP) is 3.05. The van der Waals surface area contributed by atoms with Crippen molar-refractivity contribution in [2.24, 2.45) is 10.7 Å². The van der Waals surface area contributed by atoms with Crippen LogP contribution in [0.4, 0.5) is 5.69 Å². The Morgan fingerprint density at radius 3 is 2.95 bits per heavy atom. The van der Waals surface area contributed by atoms with E-state index in [4.69, 9.17) is 5.73 Å². The molecular formula is C13H16N4S2. The van der Waals surface area contributed by atoms with E-state index in [1.165, 1.54) is 0 Å². The summed E-state index contributed by atoms with van der Waals surface area (Å²) in [5.74, 6) is 1.47. The number of nitrogens with zero attached hydrogens (tertiary/aromatic N) is 2. The van der Waals surface area contributed by atoms with Gasteiger partial charge in [0.2, 0.25) is 0 Å². The minimum Gasteiger partial charge on any atom is -0.370 e. The molecule has 0 amide bonds. The van der Waals surface area contributed by atoms with Gasteiger partial charge in [-0.3, -0.25) is 4.99 Å². The predicted molar refractivity (Wildman–Crippen MR) is 84.0 cm³/mol. The highest BCUT2D eigenvalue weighted by Crippen LogP contribution is 2.20. The molecule has 4 nitrogen and oxygen atoms in total. The molecular weight excluding hydrogens is 276 g/mol. The standard InChI is InChI=1S/C13H16N4S2/c14-12(17-11-5-2-1-3-6-11)15-7-4-9-18-13-16-8-10-19-13/h1-3,5-6,8,10H,4,7,9H2,(H3,14,15,17). The van der Waals surface area contributed by atoms with E-state index in [0.29, 0.717) is 5.96 Å². The van der Waals surface area contributed by atoms with Gasteiger partial charge in [-0.05, 0) is 18.6 Å². The maximum atomic E-state index is 5.80. The van der Waals surface area contributed by atoms with Crippen molar-refractivity contribution in [3.05, 3.63) is 41.9 Å². The summed E-state index contributed by atoms with van der Waals surface area (Å²) in [5.41, 5.74) is 6.76. The van der Waals surface area contributed by atoms with Gasteiger partial charge in [0.25, 0.3) is 0 Å². The molecule has 0 aliphatic carbocycles. The molecule has 1 aromatic heterocycles. The van der Waals surface area contributed by atoms with Crippen LogP contribution < -0.4 is 11.1 Å². The number of nitrogens with one attached hydrogen (secondary N) is 1. The van der Waals surface area contributed by atoms with Crippen LogP contribution in [-0.2, 0) is 0 Å². The van der Waals surface area contributed by atoms with Crippen LogP contribution in [0.3, 0.4) is 0 Å². The first-order chi connectivity index (χ1) is 9.34. The van der Waals surface area contributed by atoms with Crippen LogP contribution in [0.5, 0.6) is 0 Å². The van der Waals surface area contributed by atoms with Crippen LogP contribution in [0.2, 0.25) is 0 Å². The first kappa shape index (κ1) is 13.9. The molecule has 0 unspecified atom stereocenters. The summed E-state index contributed by atoms with van der Waals surface area (Å²) < 4.78 is 1.11. The van der Waals surface area contributed by atoms with E-state index in [2.05, 4.69) is 15.3 Å². The van der Waals surface area contributed by atoms with Gasteiger partial charge in [-0.2, -0.15) is 0 Å². The van der Waals surface area contributed by atoms with E-state index in [9.17, 15) is 0 Å². The van der Waals surface area contributed by atoms with Gasteiger partial charge in [0.05, 0.1) is 0 Å². The van der Waals surface area contributed by atoms with Gasteiger partial charge in [-0.1, -0.05) is 30.0 Å². The Bertz CT molecular complexity index is 497. The number of thiazole rings is 1. The Kier molecular flexibility index (Phi) is 5.71. The molecule has 3 N–H and O–H groups in total. The lowest BCUT2D eigenvalue weighted by atomic mass is 10.3. The number of thioether (sulfide) groups is 1. The van der Waals surface area contributed by atoms with E-state index in [1.54, 1.807) is 23.1 Å². The van der Waals surface area contributed by atoms with Crippen LogP contribution in [0.1, 0.15) is 6.42 Å². The van der Waals surface area contributed by atoms with Crippen molar-refractivity contribution < 1.29 is 0 Å². The average Bonchev–Trinajstić information content (AvgIpc) is 2.92. The molecule has 100 valence electrons. The molecule has 0 bridgehead atoms. The van der Waals surface area contributed by atoms with Gasteiger partial charge < -0.3 is 11.1 Å². The largest absolute Gasteiger partial charge is 0.370 e. The molecule has 2 rings (SSSR count). The summed E-state index contributed by atoms with van der Waals surface area (Å²) in [6.45, 7) is 0.726. The molecule has 0 atom stereocenters. The third-order valence-corrected chi connectivity index (χ3v) is 4.32. The van der Waals surface area contributed by atoms with Gasteiger partial charge in [-0.25, -0.2) is 4.98 Å². The van der Waals surface area contributed by atoms with E-state index in [1.807, 2.05) is 41.9 Å². The minimum atomic E-state index is 0.463. The first-order valence-electron chi connectivity index (χ1n) is 5.99. The number of aliphatic imine (C=N–C) groups is 1. The lowest BCUT2D eigenvalue weighted by Gasteiger charge is -2.04. The third kappa shape index (κ3) is 5.32. The van der Waals surface area contributed by atoms with Crippen LogP contribution in [0.15, 0.2) is 51.2 Å². The minimum absolute atomic E-state index is 0.463. The fourth-order valence-electron chi connectivity index (χ4n) is 1.41. The van der Waals surface area contributed by atoms with E-state index < -0.39 is 0 Å². The van der Waals surface area contributed by atoms with Crippen molar-refractivity contribution >= 4 is 34.7 Å². The fourth-order valence-corrected chi connectivity index (χ4v) is 3.05. The number of para-hydroxylation sites is 1. The molecule has 0 saturated heterocycles. The van der Waals surface area contributed by atoms with Crippen molar-refractivity contribution in [2.75, 3.05) is 17.6 Å². The van der Waals surface area contributed by atoms with Gasteiger partial charge in [-0.15, -0.1) is 11.3 Å². The Morgan fingerprint density at radius 1 is 1.37 bits per heavy atom. The van der Waals surface area contributed by atoms with Crippen LogP contribution in [-0.4, -0.2) is 23.2 Å². The second-order valence-electron chi connectivity index (χ2n) is 3.76. The molecule has 0 aliphatic heterocycles. The highest BCUT2D eigenvalue weighted by molar-refractivity contribution is 8.00. The Hall–Kier alpha value is -1.53. The monoisotopic (exact) mass is 292 g/mol. The highest BCUT2D eigenvalue weighted by atomic mass is 32.2. The van der Waals surface area contributed by atoms with Crippen molar-refractivity contribution in [3.63, 3.8) is 0 Å². The zero-order valence-electron chi connectivity index (χ0n) is 10.5. The van der Waals surface area contributed by atoms with Gasteiger partial charge >= 0.3 is 0 Å². The number of hydrogen-bond donors (Lipinski definition) is 2. The summed E-state index contributed by atoms with van der Waals surface area (Å²) in [7, 11) is 0. The van der Waals surface area contributed by atoms with Crippen LogP contribution >= 0.6 is 23.1 Å². The van der Waals surface area contributed by atoms with Crippen molar-refractivity contribution in [1.82, 2.24) is 4.98 Å². The third-order valence-electron chi connectivity index (χ3n) is 2.27. The quantitative estimate of drug-likeness (QED) is 0.372. The molecule has 1 heterocycles. The van der Waals surface area contributed by atoms with Gasteiger partial charge in [0, 0.05) is 29.6 Å². The summed E-state index contributed by atoms with van der Waals surface area (Å²) in [6.07, 6.45) is 2.81. The van der Waals surface area contributed by atoms with Crippen LogP contribution in [0, 0.1) is 0 Å². The summed E-state index contributed by atoms with van der Waals surface area (Å²) >= 11 is 3.43. The fraction of sp³-hybridized carbons (Fsp3) is 0.231. The van der Waals surface area contributed by atoms with Gasteiger partial charge in [0.1, 0.15) is 4.34 Å². The normalized spacial score (nSPS) is 11.5. The number of aromatic nitrogens is 1. The number of guanidine groups is 1. The smallest absolute Gasteiger partial charge is 0.193 e. The Balaban J connectivity index is 1.65. The molecule has 2 aromatic rings. The van der Waals surface area contributed by atoms with E-state index in [0.717, 1.165) is 28.7 Å². The number of rotatable bonds is 6. The van der Waals surface area contributed by atoms with Crippen molar-refractivity contribution in [2.45, 2.75) is 10.8 Å². The number of hydrogen-bond acceptors (Lipinski definition) is 4. The lowest BCUT2D eigenvalue weighted by Crippen LogP contribution is -2.22. The molecule has 0 fully saturated rings. The summed E-state index contributed by atoms with van der Waals surface area (Å²) in [6, 6.07) is 9.80. The first-order valence-corrected chi connectivity index (χ1v) is 7.85. The maximum absolute atomic E-state index is 5.80. The second kappa shape index (κ2) is 7.81.